The van der Waals surface area contributed by atoms with E-state index in [9.17, 15) is 4.39 Å². The standard InChI is InChI=1S/C12H12FN3O/c1-8-3-2-4-10(12(8)13)17-7-9-5-16-11(14)6-15-9/h2-6H,7H2,1H3,(H2,14,16). The molecule has 2 N–H and O–H groups in total. The average molecular weight is 233 g/mol. The molecule has 88 valence electrons. The predicted octanol–water partition coefficient (Wildman–Crippen LogP) is 2.09. The summed E-state index contributed by atoms with van der Waals surface area (Å²) in [4.78, 5) is 7.88. The molecule has 2 rings (SSSR count). The molecule has 0 radical (unpaired) electrons. The molecule has 0 aliphatic carbocycles. The van der Waals surface area contributed by atoms with E-state index in [1.807, 2.05) is 0 Å². The highest BCUT2D eigenvalue weighted by molar-refractivity contribution is 5.30. The first-order valence-corrected chi connectivity index (χ1v) is 5.11. The molecular weight excluding hydrogens is 221 g/mol. The summed E-state index contributed by atoms with van der Waals surface area (Å²) in [7, 11) is 0. The third-order valence-electron chi connectivity index (χ3n) is 2.26. The molecule has 17 heavy (non-hydrogen) atoms. The first-order chi connectivity index (χ1) is 8.16. The van der Waals surface area contributed by atoms with Gasteiger partial charge in [-0.25, -0.2) is 9.37 Å². The van der Waals surface area contributed by atoms with Crippen molar-refractivity contribution in [3.63, 3.8) is 0 Å². The molecule has 1 aromatic heterocycles. The quantitative estimate of drug-likeness (QED) is 0.881. The van der Waals surface area contributed by atoms with Crippen LogP contribution in [0.2, 0.25) is 0 Å². The molecule has 2 aromatic rings. The van der Waals surface area contributed by atoms with Crippen molar-refractivity contribution in [2.24, 2.45) is 0 Å². The largest absolute Gasteiger partial charge is 0.484 e. The fourth-order valence-electron chi connectivity index (χ4n) is 1.32. The topological polar surface area (TPSA) is 61.0 Å². The van der Waals surface area contributed by atoms with Gasteiger partial charge in [0, 0.05) is 0 Å². The van der Waals surface area contributed by atoms with Crippen molar-refractivity contribution in [3.05, 3.63) is 47.7 Å². The minimum Gasteiger partial charge on any atom is -0.484 e. The Labute approximate surface area is 98.3 Å². The van der Waals surface area contributed by atoms with Crippen LogP contribution in [0.5, 0.6) is 5.75 Å². The first kappa shape index (κ1) is 11.3. The van der Waals surface area contributed by atoms with Gasteiger partial charge in [0.05, 0.1) is 18.1 Å². The van der Waals surface area contributed by atoms with Gasteiger partial charge in [-0.3, -0.25) is 4.98 Å². The number of hydrogen-bond acceptors (Lipinski definition) is 4. The third kappa shape index (κ3) is 2.69. The van der Waals surface area contributed by atoms with E-state index in [1.165, 1.54) is 12.4 Å². The lowest BCUT2D eigenvalue weighted by atomic mass is 10.2. The smallest absolute Gasteiger partial charge is 0.167 e. The molecule has 0 fully saturated rings. The number of aromatic nitrogens is 2. The second kappa shape index (κ2) is 4.78. The molecule has 0 bridgehead atoms. The molecule has 0 saturated heterocycles. The summed E-state index contributed by atoms with van der Waals surface area (Å²) in [6.07, 6.45) is 2.94. The molecule has 0 amide bonds. The predicted molar refractivity (Wildman–Crippen MR) is 61.9 cm³/mol. The van der Waals surface area contributed by atoms with Crippen LogP contribution in [0.1, 0.15) is 11.3 Å². The summed E-state index contributed by atoms with van der Waals surface area (Å²) in [5.41, 5.74) is 6.55. The van der Waals surface area contributed by atoms with Crippen LogP contribution in [-0.2, 0) is 6.61 Å². The molecule has 5 heteroatoms. The Morgan fingerprint density at radius 1 is 1.29 bits per heavy atom. The van der Waals surface area contributed by atoms with Gasteiger partial charge in [0.2, 0.25) is 0 Å². The van der Waals surface area contributed by atoms with Crippen molar-refractivity contribution in [3.8, 4) is 5.75 Å². The lowest BCUT2D eigenvalue weighted by Crippen LogP contribution is -2.02. The van der Waals surface area contributed by atoms with Crippen molar-refractivity contribution >= 4 is 5.82 Å². The van der Waals surface area contributed by atoms with Crippen LogP contribution in [0, 0.1) is 12.7 Å². The maximum absolute atomic E-state index is 13.6. The van der Waals surface area contributed by atoms with E-state index in [-0.39, 0.29) is 18.2 Å². The number of halogens is 1. The molecule has 1 aromatic carbocycles. The van der Waals surface area contributed by atoms with Gasteiger partial charge in [0.1, 0.15) is 12.4 Å². The minimum absolute atomic E-state index is 0.160. The van der Waals surface area contributed by atoms with Gasteiger partial charge in [-0.15, -0.1) is 0 Å². The lowest BCUT2D eigenvalue weighted by molar-refractivity contribution is 0.285. The fraction of sp³-hybridized carbons (Fsp3) is 0.167. The molecule has 0 aliphatic rings. The molecule has 0 aliphatic heterocycles. The SMILES string of the molecule is Cc1cccc(OCc2cnc(N)cn2)c1F. The van der Waals surface area contributed by atoms with Gasteiger partial charge < -0.3 is 10.5 Å². The zero-order valence-electron chi connectivity index (χ0n) is 9.35. The van der Waals surface area contributed by atoms with Crippen LogP contribution in [0.3, 0.4) is 0 Å². The van der Waals surface area contributed by atoms with E-state index in [4.69, 9.17) is 10.5 Å². The van der Waals surface area contributed by atoms with Gasteiger partial charge in [0.25, 0.3) is 0 Å². The van der Waals surface area contributed by atoms with Crippen LogP contribution in [0.4, 0.5) is 10.2 Å². The average Bonchev–Trinajstić information content (AvgIpc) is 2.33. The van der Waals surface area contributed by atoms with Crippen molar-refractivity contribution in [2.45, 2.75) is 13.5 Å². The van der Waals surface area contributed by atoms with Crippen LogP contribution >= 0.6 is 0 Å². The number of ether oxygens (including phenoxy) is 1. The molecule has 1 heterocycles. The molecule has 0 unspecified atom stereocenters. The van der Waals surface area contributed by atoms with Gasteiger partial charge in [-0.05, 0) is 18.6 Å². The van der Waals surface area contributed by atoms with Crippen molar-refractivity contribution in [1.82, 2.24) is 9.97 Å². The second-order valence-electron chi connectivity index (χ2n) is 3.61. The van der Waals surface area contributed by atoms with Gasteiger partial charge >= 0.3 is 0 Å². The number of benzene rings is 1. The third-order valence-corrected chi connectivity index (χ3v) is 2.26. The van der Waals surface area contributed by atoms with E-state index in [1.54, 1.807) is 25.1 Å². The lowest BCUT2D eigenvalue weighted by Gasteiger charge is -2.07. The van der Waals surface area contributed by atoms with Crippen molar-refractivity contribution in [2.75, 3.05) is 5.73 Å². The first-order valence-electron chi connectivity index (χ1n) is 5.11. The van der Waals surface area contributed by atoms with E-state index in [0.29, 0.717) is 17.1 Å². The van der Waals surface area contributed by atoms with Crippen LogP contribution in [0.25, 0.3) is 0 Å². The summed E-state index contributed by atoms with van der Waals surface area (Å²) < 4.78 is 18.9. The Hall–Kier alpha value is -2.17. The van der Waals surface area contributed by atoms with E-state index < -0.39 is 0 Å². The van der Waals surface area contributed by atoms with Crippen molar-refractivity contribution in [1.29, 1.82) is 0 Å². The van der Waals surface area contributed by atoms with E-state index in [0.717, 1.165) is 0 Å². The Kier molecular flexibility index (Phi) is 3.18. The van der Waals surface area contributed by atoms with Crippen LogP contribution < -0.4 is 10.5 Å². The van der Waals surface area contributed by atoms with Crippen molar-refractivity contribution < 1.29 is 9.13 Å². The number of anilines is 1. The Morgan fingerprint density at radius 3 is 2.82 bits per heavy atom. The summed E-state index contributed by atoms with van der Waals surface area (Å²) in [5, 5.41) is 0. The second-order valence-corrected chi connectivity index (χ2v) is 3.61. The number of rotatable bonds is 3. The molecule has 0 spiro atoms. The monoisotopic (exact) mass is 233 g/mol. The zero-order chi connectivity index (χ0) is 12.3. The number of hydrogen-bond donors (Lipinski definition) is 1. The summed E-state index contributed by atoms with van der Waals surface area (Å²) in [6.45, 7) is 1.85. The van der Waals surface area contributed by atoms with Gasteiger partial charge in [-0.2, -0.15) is 0 Å². The maximum atomic E-state index is 13.6. The molecular formula is C12H12FN3O. The molecule has 0 atom stereocenters. The fourth-order valence-corrected chi connectivity index (χ4v) is 1.32. The summed E-state index contributed by atoms with van der Waals surface area (Å²) >= 11 is 0. The number of nitrogen functional groups attached to an aromatic ring is 1. The Bertz CT molecular complexity index is 514. The highest BCUT2D eigenvalue weighted by atomic mass is 19.1. The van der Waals surface area contributed by atoms with Gasteiger partial charge in [0.15, 0.2) is 11.6 Å². The highest BCUT2D eigenvalue weighted by Gasteiger charge is 2.06. The molecule has 4 nitrogen and oxygen atoms in total. The maximum Gasteiger partial charge on any atom is 0.167 e. The Morgan fingerprint density at radius 2 is 2.12 bits per heavy atom. The summed E-state index contributed by atoms with van der Waals surface area (Å²) in [5.74, 6) is 0.204. The highest BCUT2D eigenvalue weighted by Crippen LogP contribution is 2.20. The number of aryl methyl sites for hydroxylation is 1. The zero-order valence-corrected chi connectivity index (χ0v) is 9.35. The van der Waals surface area contributed by atoms with E-state index >= 15 is 0 Å². The number of nitrogens with two attached hydrogens (primary N) is 1. The van der Waals surface area contributed by atoms with E-state index in [2.05, 4.69) is 9.97 Å². The van der Waals surface area contributed by atoms with Gasteiger partial charge in [-0.1, -0.05) is 12.1 Å². The van der Waals surface area contributed by atoms with Crippen LogP contribution in [-0.4, -0.2) is 9.97 Å². The summed E-state index contributed by atoms with van der Waals surface area (Å²) in [6, 6.07) is 5.00. The Balaban J connectivity index is 2.07. The molecule has 0 saturated carbocycles. The normalized spacial score (nSPS) is 10.2. The number of nitrogens with zero attached hydrogens (tertiary/aromatic N) is 2. The van der Waals surface area contributed by atoms with Crippen LogP contribution in [0.15, 0.2) is 30.6 Å². The minimum atomic E-state index is -0.351.